The van der Waals surface area contributed by atoms with Crippen LogP contribution in [-0.2, 0) is 17.8 Å². The molecule has 1 unspecified atom stereocenters. The summed E-state index contributed by atoms with van der Waals surface area (Å²) in [5.41, 5.74) is 3.52. The number of amides is 1. The van der Waals surface area contributed by atoms with E-state index in [9.17, 15) is 9.59 Å². The van der Waals surface area contributed by atoms with E-state index in [-0.39, 0.29) is 5.91 Å². The van der Waals surface area contributed by atoms with Crippen molar-refractivity contribution in [3.63, 3.8) is 0 Å². The minimum atomic E-state index is -0.466. The Kier molecular flexibility index (Phi) is 6.66. The van der Waals surface area contributed by atoms with Gasteiger partial charge in [-0.25, -0.2) is 0 Å². The van der Waals surface area contributed by atoms with Gasteiger partial charge in [-0.05, 0) is 36.6 Å². The topological polar surface area (TPSA) is 60.3 Å². The minimum absolute atomic E-state index is 0.0918. The average molecular weight is 427 g/mol. The summed E-state index contributed by atoms with van der Waals surface area (Å²) in [5.74, 6) is 0.537. The lowest BCUT2D eigenvalue weighted by molar-refractivity contribution is -0.123. The third kappa shape index (κ3) is 4.72. The smallest absolute Gasteiger partial charge is 0.242 e. The summed E-state index contributed by atoms with van der Waals surface area (Å²) < 4.78 is 7.88. The number of ether oxygens (including phenoxy) is 1. The van der Waals surface area contributed by atoms with Crippen molar-refractivity contribution >= 4 is 23.1 Å². The first kappa shape index (κ1) is 21.4. The van der Waals surface area contributed by atoms with Crippen LogP contribution in [0.25, 0.3) is 10.9 Å². The van der Waals surface area contributed by atoms with Gasteiger partial charge in [-0.3, -0.25) is 9.59 Å². The van der Waals surface area contributed by atoms with E-state index in [1.165, 1.54) is 5.56 Å². The number of aldehydes is 1. The van der Waals surface area contributed by atoms with Crippen molar-refractivity contribution < 1.29 is 14.3 Å². The predicted octanol–water partition coefficient (Wildman–Crippen LogP) is 4.95. The third-order valence-corrected chi connectivity index (χ3v) is 5.57. The molecule has 1 atom stereocenters. The third-order valence-electron chi connectivity index (χ3n) is 5.57. The standard InChI is InChI=1S/C27H26N2O3/c1-20(27(31)28-16-15-21-9-4-2-5-10-21)29-17-23(18-30)26-24(29)13-8-14-25(26)32-19-22-11-6-3-7-12-22/h2-14,17-18,20H,15-16,19H2,1H3,(H,28,31). The van der Waals surface area contributed by atoms with Gasteiger partial charge in [-0.2, -0.15) is 0 Å². The highest BCUT2D eigenvalue weighted by Crippen LogP contribution is 2.32. The second-order valence-electron chi connectivity index (χ2n) is 7.74. The van der Waals surface area contributed by atoms with Crippen molar-refractivity contribution in [2.45, 2.75) is 26.0 Å². The highest BCUT2D eigenvalue weighted by Gasteiger charge is 2.20. The first-order valence-electron chi connectivity index (χ1n) is 10.7. The number of fused-ring (bicyclic) bond motifs is 1. The van der Waals surface area contributed by atoms with E-state index >= 15 is 0 Å². The lowest BCUT2D eigenvalue weighted by atomic mass is 10.1. The van der Waals surface area contributed by atoms with E-state index < -0.39 is 6.04 Å². The summed E-state index contributed by atoms with van der Waals surface area (Å²) in [6.45, 7) is 2.79. The molecule has 0 bridgehead atoms. The van der Waals surface area contributed by atoms with Crippen LogP contribution in [-0.4, -0.2) is 23.3 Å². The fourth-order valence-corrected chi connectivity index (χ4v) is 3.82. The van der Waals surface area contributed by atoms with Crippen molar-refractivity contribution in [2.24, 2.45) is 0 Å². The highest BCUT2D eigenvalue weighted by molar-refractivity contribution is 6.02. The number of nitrogens with zero attached hydrogens (tertiary/aromatic N) is 1. The Hall–Kier alpha value is -3.86. The molecule has 0 spiro atoms. The van der Waals surface area contributed by atoms with E-state index in [1.807, 2.05) is 90.4 Å². The molecule has 1 amide bonds. The van der Waals surface area contributed by atoms with Crippen LogP contribution in [0.2, 0.25) is 0 Å². The number of rotatable bonds is 9. The quantitative estimate of drug-likeness (QED) is 0.385. The van der Waals surface area contributed by atoms with Crippen LogP contribution in [0.5, 0.6) is 5.75 Å². The van der Waals surface area contributed by atoms with Crippen LogP contribution in [0.15, 0.2) is 85.1 Å². The molecule has 0 saturated heterocycles. The molecular formula is C27H26N2O3. The van der Waals surface area contributed by atoms with E-state index in [0.717, 1.165) is 29.2 Å². The number of hydrogen-bond acceptors (Lipinski definition) is 3. The first-order chi connectivity index (χ1) is 15.7. The Morgan fingerprint density at radius 1 is 0.969 bits per heavy atom. The summed E-state index contributed by atoms with van der Waals surface area (Å²) in [7, 11) is 0. The number of benzene rings is 3. The molecule has 3 aromatic carbocycles. The number of carbonyl (C=O) groups excluding carboxylic acids is 2. The molecular weight excluding hydrogens is 400 g/mol. The fourth-order valence-electron chi connectivity index (χ4n) is 3.82. The van der Waals surface area contributed by atoms with Crippen LogP contribution in [0.1, 0.15) is 34.5 Å². The van der Waals surface area contributed by atoms with Crippen molar-refractivity contribution in [1.29, 1.82) is 0 Å². The molecule has 0 saturated carbocycles. The van der Waals surface area contributed by atoms with E-state index in [4.69, 9.17) is 4.74 Å². The molecule has 0 aliphatic carbocycles. The maximum Gasteiger partial charge on any atom is 0.242 e. The van der Waals surface area contributed by atoms with E-state index in [1.54, 1.807) is 6.20 Å². The fraction of sp³-hybridized carbons (Fsp3) is 0.185. The molecule has 4 rings (SSSR count). The van der Waals surface area contributed by atoms with Crippen LogP contribution in [0.4, 0.5) is 0 Å². The van der Waals surface area contributed by atoms with Crippen LogP contribution < -0.4 is 10.1 Å². The summed E-state index contributed by atoms with van der Waals surface area (Å²) in [6, 6.07) is 25.1. The molecule has 0 aliphatic heterocycles. The second kappa shape index (κ2) is 9.96. The van der Waals surface area contributed by atoms with Gasteiger partial charge in [0.2, 0.25) is 5.91 Å². The zero-order valence-electron chi connectivity index (χ0n) is 18.0. The zero-order chi connectivity index (χ0) is 22.3. The highest BCUT2D eigenvalue weighted by atomic mass is 16.5. The molecule has 0 aliphatic rings. The van der Waals surface area contributed by atoms with E-state index in [0.29, 0.717) is 24.5 Å². The molecule has 4 aromatic rings. The summed E-state index contributed by atoms with van der Waals surface area (Å²) >= 11 is 0. The van der Waals surface area contributed by atoms with Gasteiger partial charge < -0.3 is 14.6 Å². The molecule has 1 aromatic heterocycles. The Labute approximate surface area is 187 Å². The Morgan fingerprint density at radius 3 is 2.34 bits per heavy atom. The van der Waals surface area contributed by atoms with Crippen molar-refractivity contribution in [1.82, 2.24) is 9.88 Å². The van der Waals surface area contributed by atoms with Crippen molar-refractivity contribution in [3.05, 3.63) is 102 Å². The van der Waals surface area contributed by atoms with Crippen LogP contribution >= 0.6 is 0 Å². The molecule has 32 heavy (non-hydrogen) atoms. The normalized spacial score (nSPS) is 11.8. The lowest BCUT2D eigenvalue weighted by Crippen LogP contribution is -2.32. The van der Waals surface area contributed by atoms with Crippen molar-refractivity contribution in [3.8, 4) is 5.75 Å². The molecule has 1 heterocycles. The number of hydrogen-bond donors (Lipinski definition) is 1. The second-order valence-corrected chi connectivity index (χ2v) is 7.74. The van der Waals surface area contributed by atoms with E-state index in [2.05, 4.69) is 5.32 Å². The van der Waals surface area contributed by atoms with Gasteiger partial charge in [-0.15, -0.1) is 0 Å². The van der Waals surface area contributed by atoms with Gasteiger partial charge in [0, 0.05) is 18.3 Å². The number of aromatic nitrogens is 1. The lowest BCUT2D eigenvalue weighted by Gasteiger charge is -2.16. The number of nitrogens with one attached hydrogen (secondary N) is 1. The zero-order valence-corrected chi connectivity index (χ0v) is 18.0. The van der Waals surface area contributed by atoms with Gasteiger partial charge in [0.15, 0.2) is 6.29 Å². The van der Waals surface area contributed by atoms with Gasteiger partial charge >= 0.3 is 0 Å². The Balaban J connectivity index is 1.52. The first-order valence-corrected chi connectivity index (χ1v) is 10.7. The maximum absolute atomic E-state index is 12.8. The predicted molar refractivity (Wildman–Crippen MR) is 126 cm³/mol. The molecule has 5 heteroatoms. The largest absolute Gasteiger partial charge is 0.488 e. The Bertz CT molecular complexity index is 1200. The summed E-state index contributed by atoms with van der Waals surface area (Å²) in [4.78, 5) is 24.6. The van der Waals surface area contributed by atoms with Gasteiger partial charge in [0.25, 0.3) is 0 Å². The Morgan fingerprint density at radius 2 is 1.66 bits per heavy atom. The van der Waals surface area contributed by atoms with Gasteiger partial charge in [0.1, 0.15) is 18.4 Å². The summed E-state index contributed by atoms with van der Waals surface area (Å²) in [6.07, 6.45) is 3.31. The molecule has 162 valence electrons. The SMILES string of the molecule is CC(C(=O)NCCc1ccccc1)n1cc(C=O)c2c(OCc3ccccc3)cccc21. The summed E-state index contributed by atoms with van der Waals surface area (Å²) in [5, 5.41) is 3.73. The van der Waals surface area contributed by atoms with Crippen molar-refractivity contribution in [2.75, 3.05) is 6.54 Å². The molecule has 1 N–H and O–H groups in total. The van der Waals surface area contributed by atoms with Crippen LogP contribution in [0.3, 0.4) is 0 Å². The monoisotopic (exact) mass is 426 g/mol. The van der Waals surface area contributed by atoms with Gasteiger partial charge in [-0.1, -0.05) is 66.7 Å². The number of carbonyl (C=O) groups is 2. The average Bonchev–Trinajstić information content (AvgIpc) is 3.23. The maximum atomic E-state index is 12.8. The molecule has 0 radical (unpaired) electrons. The molecule has 5 nitrogen and oxygen atoms in total. The minimum Gasteiger partial charge on any atom is -0.488 e. The molecule has 0 fully saturated rings. The van der Waals surface area contributed by atoms with Crippen LogP contribution in [0, 0.1) is 0 Å². The van der Waals surface area contributed by atoms with Gasteiger partial charge in [0.05, 0.1) is 10.9 Å².